The van der Waals surface area contributed by atoms with Gasteiger partial charge in [0.2, 0.25) is 5.75 Å². The van der Waals surface area contributed by atoms with E-state index in [0.717, 1.165) is 19.3 Å². The molecule has 0 spiro atoms. The van der Waals surface area contributed by atoms with Gasteiger partial charge in [-0.25, -0.2) is 0 Å². The van der Waals surface area contributed by atoms with E-state index in [4.69, 9.17) is 0 Å². The van der Waals surface area contributed by atoms with Crippen molar-refractivity contribution in [2.75, 3.05) is 5.32 Å². The Bertz CT molecular complexity index is 497. The van der Waals surface area contributed by atoms with E-state index in [1.165, 1.54) is 18.2 Å². The third-order valence-corrected chi connectivity index (χ3v) is 3.44. The third-order valence-electron chi connectivity index (χ3n) is 3.44. The number of rotatable bonds is 5. The van der Waals surface area contributed by atoms with Crippen molar-refractivity contribution in [3.05, 3.63) is 28.3 Å². The number of nitro groups is 1. The highest BCUT2D eigenvalue weighted by Gasteiger charge is 2.23. The summed E-state index contributed by atoms with van der Waals surface area (Å²) in [5.74, 6) is 0.211. The van der Waals surface area contributed by atoms with Crippen LogP contribution < -0.4 is 10.1 Å². The van der Waals surface area contributed by atoms with Crippen LogP contribution in [-0.4, -0.2) is 17.6 Å². The number of nitrogens with zero attached hydrogens (tertiary/aromatic N) is 1. The predicted molar refractivity (Wildman–Crippen MR) is 70.2 cm³/mol. The zero-order valence-corrected chi connectivity index (χ0v) is 11.0. The summed E-state index contributed by atoms with van der Waals surface area (Å²) < 4.78 is 28.8. The first kappa shape index (κ1) is 14.5. The van der Waals surface area contributed by atoms with Crippen LogP contribution in [0.1, 0.15) is 26.2 Å². The van der Waals surface area contributed by atoms with Gasteiger partial charge in [-0.15, -0.1) is 0 Å². The van der Waals surface area contributed by atoms with E-state index in [0.29, 0.717) is 11.6 Å². The molecule has 0 heterocycles. The Balaban J connectivity index is 2.16. The SMILES string of the molecule is CC1CCC(Nc2ccc([N+](=O)[O-])c(OC(F)F)c2)C1. The molecule has 0 aromatic heterocycles. The van der Waals surface area contributed by atoms with Crippen LogP contribution in [0.25, 0.3) is 0 Å². The van der Waals surface area contributed by atoms with Gasteiger partial charge in [0.1, 0.15) is 0 Å². The lowest BCUT2D eigenvalue weighted by Crippen LogP contribution is -2.15. The molecule has 0 saturated heterocycles. The molecule has 2 atom stereocenters. The van der Waals surface area contributed by atoms with Crippen LogP contribution in [0.3, 0.4) is 0 Å². The van der Waals surface area contributed by atoms with E-state index in [-0.39, 0.29) is 6.04 Å². The Labute approximate surface area is 115 Å². The fourth-order valence-corrected chi connectivity index (χ4v) is 2.52. The highest BCUT2D eigenvalue weighted by atomic mass is 19.3. The molecule has 1 aliphatic rings. The lowest BCUT2D eigenvalue weighted by molar-refractivity contribution is -0.386. The van der Waals surface area contributed by atoms with Gasteiger partial charge in [-0.3, -0.25) is 10.1 Å². The van der Waals surface area contributed by atoms with E-state index < -0.39 is 23.0 Å². The van der Waals surface area contributed by atoms with E-state index in [1.807, 2.05) is 0 Å². The standard InChI is InChI=1S/C13H16F2N2O3/c1-8-2-3-9(6-8)16-10-4-5-11(17(18)19)12(7-10)20-13(14)15/h4-5,7-9,13,16H,2-3,6H2,1H3. The van der Waals surface area contributed by atoms with Gasteiger partial charge in [0.15, 0.2) is 0 Å². The summed E-state index contributed by atoms with van der Waals surface area (Å²) in [4.78, 5) is 10.0. The second-order valence-corrected chi connectivity index (χ2v) is 5.08. The van der Waals surface area contributed by atoms with E-state index in [2.05, 4.69) is 17.0 Å². The first-order chi connectivity index (χ1) is 9.45. The highest BCUT2D eigenvalue weighted by molar-refractivity contribution is 5.58. The molecule has 1 N–H and O–H groups in total. The zero-order valence-electron chi connectivity index (χ0n) is 11.0. The molecule has 0 bridgehead atoms. The van der Waals surface area contributed by atoms with Crippen molar-refractivity contribution >= 4 is 11.4 Å². The van der Waals surface area contributed by atoms with Crippen LogP contribution in [0, 0.1) is 16.0 Å². The van der Waals surface area contributed by atoms with Crippen molar-refractivity contribution in [2.24, 2.45) is 5.92 Å². The van der Waals surface area contributed by atoms with Crippen molar-refractivity contribution in [3.63, 3.8) is 0 Å². The molecule has 1 aromatic rings. The normalized spacial score (nSPS) is 22.0. The first-order valence-electron chi connectivity index (χ1n) is 6.45. The fraction of sp³-hybridized carbons (Fsp3) is 0.538. The molecule has 1 aliphatic carbocycles. The lowest BCUT2D eigenvalue weighted by Gasteiger charge is -2.15. The van der Waals surface area contributed by atoms with Crippen molar-refractivity contribution in [3.8, 4) is 5.75 Å². The van der Waals surface area contributed by atoms with E-state index >= 15 is 0 Å². The fourth-order valence-electron chi connectivity index (χ4n) is 2.52. The zero-order chi connectivity index (χ0) is 14.7. The minimum Gasteiger partial charge on any atom is -0.427 e. The number of hydrogen-bond donors (Lipinski definition) is 1. The van der Waals surface area contributed by atoms with Gasteiger partial charge in [-0.1, -0.05) is 6.92 Å². The van der Waals surface area contributed by atoms with Crippen LogP contribution in [0.4, 0.5) is 20.2 Å². The number of ether oxygens (including phenoxy) is 1. The Morgan fingerprint density at radius 2 is 2.20 bits per heavy atom. The maximum absolute atomic E-state index is 12.3. The minimum atomic E-state index is -3.09. The Morgan fingerprint density at radius 1 is 1.45 bits per heavy atom. The maximum atomic E-state index is 12.3. The summed E-state index contributed by atoms with van der Waals surface area (Å²) in [7, 11) is 0. The molecule has 20 heavy (non-hydrogen) atoms. The summed E-state index contributed by atoms with van der Waals surface area (Å²) in [5.41, 5.74) is 0.0981. The summed E-state index contributed by atoms with van der Waals surface area (Å²) >= 11 is 0. The number of hydrogen-bond acceptors (Lipinski definition) is 4. The number of benzene rings is 1. The van der Waals surface area contributed by atoms with Crippen LogP contribution in [-0.2, 0) is 0 Å². The van der Waals surface area contributed by atoms with Gasteiger partial charge in [0, 0.05) is 23.9 Å². The average Bonchev–Trinajstić information content (AvgIpc) is 2.73. The number of alkyl halides is 2. The number of halogens is 2. The minimum absolute atomic E-state index is 0.269. The first-order valence-corrected chi connectivity index (χ1v) is 6.45. The smallest absolute Gasteiger partial charge is 0.387 e. The van der Waals surface area contributed by atoms with Crippen LogP contribution in [0.5, 0.6) is 5.75 Å². The Kier molecular flexibility index (Phi) is 4.36. The number of nitro benzene ring substituents is 1. The number of nitrogens with one attached hydrogen (secondary N) is 1. The van der Waals surface area contributed by atoms with E-state index in [1.54, 1.807) is 0 Å². The molecule has 0 aliphatic heterocycles. The molecular weight excluding hydrogens is 270 g/mol. The molecule has 7 heteroatoms. The molecular formula is C13H16F2N2O3. The van der Waals surface area contributed by atoms with Gasteiger partial charge < -0.3 is 10.1 Å². The van der Waals surface area contributed by atoms with Crippen LogP contribution in [0.2, 0.25) is 0 Å². The quantitative estimate of drug-likeness (QED) is 0.660. The summed E-state index contributed by atoms with van der Waals surface area (Å²) in [5, 5.41) is 14.0. The molecule has 0 amide bonds. The highest BCUT2D eigenvalue weighted by Crippen LogP contribution is 2.33. The number of anilines is 1. The largest absolute Gasteiger partial charge is 0.427 e. The molecule has 2 rings (SSSR count). The Hall–Kier alpha value is -1.92. The third kappa shape index (κ3) is 3.55. The van der Waals surface area contributed by atoms with Crippen molar-refractivity contribution < 1.29 is 18.4 Å². The molecule has 1 aromatic carbocycles. The summed E-state index contributed by atoms with van der Waals surface area (Å²) in [6.07, 6.45) is 3.12. The van der Waals surface area contributed by atoms with Crippen molar-refractivity contribution in [2.45, 2.75) is 38.8 Å². The molecule has 0 radical (unpaired) electrons. The Morgan fingerprint density at radius 3 is 2.75 bits per heavy atom. The van der Waals surface area contributed by atoms with Gasteiger partial charge >= 0.3 is 12.3 Å². The molecule has 5 nitrogen and oxygen atoms in total. The van der Waals surface area contributed by atoms with Crippen LogP contribution >= 0.6 is 0 Å². The molecule has 1 saturated carbocycles. The second kappa shape index (κ2) is 6.02. The lowest BCUT2D eigenvalue weighted by atomic mass is 10.1. The average molecular weight is 286 g/mol. The summed E-state index contributed by atoms with van der Waals surface area (Å²) in [6, 6.07) is 4.22. The molecule has 110 valence electrons. The monoisotopic (exact) mass is 286 g/mol. The van der Waals surface area contributed by atoms with Crippen molar-refractivity contribution in [1.29, 1.82) is 0 Å². The topological polar surface area (TPSA) is 64.4 Å². The van der Waals surface area contributed by atoms with Gasteiger partial charge in [0.25, 0.3) is 0 Å². The van der Waals surface area contributed by atoms with Gasteiger partial charge in [-0.2, -0.15) is 8.78 Å². The van der Waals surface area contributed by atoms with Crippen molar-refractivity contribution in [1.82, 2.24) is 0 Å². The van der Waals surface area contributed by atoms with Gasteiger partial charge in [-0.05, 0) is 31.2 Å². The van der Waals surface area contributed by atoms with Crippen LogP contribution in [0.15, 0.2) is 18.2 Å². The summed E-state index contributed by atoms with van der Waals surface area (Å²) in [6.45, 7) is -0.932. The predicted octanol–water partition coefficient (Wildman–Crippen LogP) is 3.80. The molecule has 2 unspecified atom stereocenters. The van der Waals surface area contributed by atoms with Gasteiger partial charge in [0.05, 0.1) is 4.92 Å². The van der Waals surface area contributed by atoms with E-state index in [9.17, 15) is 18.9 Å². The second-order valence-electron chi connectivity index (χ2n) is 5.08. The maximum Gasteiger partial charge on any atom is 0.387 e. The molecule has 1 fully saturated rings.